The highest BCUT2D eigenvalue weighted by molar-refractivity contribution is 6.09. The maximum absolute atomic E-state index is 12.8. The zero-order valence-corrected chi connectivity index (χ0v) is 13.1. The molecule has 0 spiro atoms. The van der Waals surface area contributed by atoms with Crippen LogP contribution in [0.1, 0.15) is 23.3 Å². The highest BCUT2D eigenvalue weighted by Gasteiger charge is 2.39. The minimum absolute atomic E-state index is 0.0477. The van der Waals surface area contributed by atoms with E-state index in [1.54, 1.807) is 29.2 Å². The van der Waals surface area contributed by atoms with Crippen LogP contribution in [0.2, 0.25) is 0 Å². The van der Waals surface area contributed by atoms with Crippen LogP contribution in [0.3, 0.4) is 0 Å². The maximum atomic E-state index is 12.8. The Morgan fingerprint density at radius 3 is 2.88 bits per heavy atom. The fraction of sp³-hybridized carbons (Fsp3) is 0.235. The number of nitro benzene ring substituents is 1. The van der Waals surface area contributed by atoms with Gasteiger partial charge in [0, 0.05) is 24.2 Å². The van der Waals surface area contributed by atoms with E-state index in [2.05, 4.69) is 10.3 Å². The number of aromatic nitrogens is 1. The average molecular weight is 338 g/mol. The number of anilines is 1. The van der Waals surface area contributed by atoms with Gasteiger partial charge >= 0.3 is 0 Å². The molecule has 2 amide bonds. The lowest BCUT2D eigenvalue weighted by atomic mass is 10.1. The van der Waals surface area contributed by atoms with Gasteiger partial charge in [0.15, 0.2) is 5.69 Å². The zero-order chi connectivity index (χ0) is 17.6. The van der Waals surface area contributed by atoms with Crippen molar-refractivity contribution in [1.29, 1.82) is 0 Å². The third kappa shape index (κ3) is 2.51. The van der Waals surface area contributed by atoms with E-state index in [4.69, 9.17) is 0 Å². The van der Waals surface area contributed by atoms with Crippen molar-refractivity contribution in [3.63, 3.8) is 0 Å². The highest BCUT2D eigenvalue weighted by Crippen LogP contribution is 2.30. The Morgan fingerprint density at radius 2 is 2.08 bits per heavy atom. The van der Waals surface area contributed by atoms with Crippen LogP contribution < -0.4 is 5.32 Å². The number of nitrogens with zero attached hydrogens (tertiary/aromatic N) is 3. The summed E-state index contributed by atoms with van der Waals surface area (Å²) in [4.78, 5) is 41.5. The van der Waals surface area contributed by atoms with Crippen LogP contribution in [-0.2, 0) is 4.79 Å². The van der Waals surface area contributed by atoms with Crippen molar-refractivity contribution in [2.24, 2.45) is 0 Å². The Balaban J connectivity index is 1.79. The van der Waals surface area contributed by atoms with Crippen LogP contribution in [0.25, 0.3) is 11.3 Å². The second kappa shape index (κ2) is 5.66. The molecule has 2 aliphatic heterocycles. The molecule has 1 atom stereocenters. The summed E-state index contributed by atoms with van der Waals surface area (Å²) < 4.78 is 0. The van der Waals surface area contributed by atoms with E-state index >= 15 is 0 Å². The molecule has 1 N–H and O–H groups in total. The van der Waals surface area contributed by atoms with Gasteiger partial charge < -0.3 is 10.2 Å². The Kier molecular flexibility index (Phi) is 3.45. The molecule has 2 aliphatic rings. The number of benzene rings is 1. The van der Waals surface area contributed by atoms with E-state index in [9.17, 15) is 19.7 Å². The molecule has 0 bridgehead atoms. The molecule has 0 aliphatic carbocycles. The van der Waals surface area contributed by atoms with Gasteiger partial charge in [-0.1, -0.05) is 12.1 Å². The Labute approximate surface area is 142 Å². The van der Waals surface area contributed by atoms with Crippen LogP contribution in [0, 0.1) is 10.1 Å². The second-order valence-electron chi connectivity index (χ2n) is 6.05. The van der Waals surface area contributed by atoms with Crippen molar-refractivity contribution >= 4 is 23.2 Å². The second-order valence-corrected chi connectivity index (χ2v) is 6.05. The normalized spacial score (nSPS) is 19.0. The number of nitrogens with one attached hydrogen (secondary N) is 1. The molecule has 1 aromatic heterocycles. The standard InChI is InChI=1S/C17H14N4O4/c22-16-14-5-2-8-20(14)17(23)15-13(19-16)7-6-12(18-15)10-3-1-4-11(9-10)21(24)25/h1,3-4,6-7,9,14H,2,5,8H2,(H,19,22)/t14-/m0/s1. The molecular formula is C17H14N4O4. The number of amides is 2. The lowest BCUT2D eigenvalue weighted by Gasteiger charge is -2.19. The number of carbonyl (C=O) groups excluding carboxylic acids is 2. The summed E-state index contributed by atoms with van der Waals surface area (Å²) >= 11 is 0. The van der Waals surface area contributed by atoms with E-state index in [0.717, 1.165) is 6.42 Å². The lowest BCUT2D eigenvalue weighted by molar-refractivity contribution is -0.384. The molecule has 126 valence electrons. The third-order valence-electron chi connectivity index (χ3n) is 4.52. The van der Waals surface area contributed by atoms with Crippen molar-refractivity contribution in [3.8, 4) is 11.3 Å². The maximum Gasteiger partial charge on any atom is 0.275 e. The van der Waals surface area contributed by atoms with E-state index < -0.39 is 11.0 Å². The number of carbonyl (C=O) groups is 2. The van der Waals surface area contributed by atoms with E-state index in [-0.39, 0.29) is 23.2 Å². The predicted molar refractivity (Wildman–Crippen MR) is 89.0 cm³/mol. The van der Waals surface area contributed by atoms with Gasteiger partial charge in [-0.05, 0) is 25.0 Å². The van der Waals surface area contributed by atoms with Crippen LogP contribution in [0.15, 0.2) is 36.4 Å². The Morgan fingerprint density at radius 1 is 1.24 bits per heavy atom. The molecule has 1 fully saturated rings. The van der Waals surface area contributed by atoms with Gasteiger partial charge in [-0.15, -0.1) is 0 Å². The predicted octanol–water partition coefficient (Wildman–Crippen LogP) is 2.21. The largest absolute Gasteiger partial charge is 0.325 e. The summed E-state index contributed by atoms with van der Waals surface area (Å²) in [5, 5.41) is 13.7. The van der Waals surface area contributed by atoms with Gasteiger partial charge in [-0.3, -0.25) is 19.7 Å². The molecule has 4 rings (SSSR count). The molecule has 0 radical (unpaired) electrons. The van der Waals surface area contributed by atoms with Gasteiger partial charge in [0.05, 0.1) is 16.3 Å². The average Bonchev–Trinajstić information content (AvgIpc) is 3.08. The molecule has 1 saturated heterocycles. The summed E-state index contributed by atoms with van der Waals surface area (Å²) in [6, 6.07) is 8.88. The van der Waals surface area contributed by atoms with E-state index in [0.29, 0.717) is 29.9 Å². The number of rotatable bonds is 2. The first-order valence-corrected chi connectivity index (χ1v) is 7.92. The van der Waals surface area contributed by atoms with Gasteiger partial charge in [0.1, 0.15) is 6.04 Å². The summed E-state index contributed by atoms with van der Waals surface area (Å²) in [7, 11) is 0. The van der Waals surface area contributed by atoms with Crippen LogP contribution in [0.5, 0.6) is 0 Å². The lowest BCUT2D eigenvalue weighted by Crippen LogP contribution is -2.40. The number of hydrogen-bond donors (Lipinski definition) is 1. The molecule has 8 nitrogen and oxygen atoms in total. The molecule has 0 unspecified atom stereocenters. The first-order chi connectivity index (χ1) is 12.0. The summed E-state index contributed by atoms with van der Waals surface area (Å²) in [5.41, 5.74) is 1.48. The number of fused-ring (bicyclic) bond motifs is 2. The molecule has 8 heteroatoms. The molecule has 0 saturated carbocycles. The van der Waals surface area contributed by atoms with Gasteiger partial charge in [0.25, 0.3) is 11.6 Å². The minimum atomic E-state index is -0.479. The fourth-order valence-electron chi connectivity index (χ4n) is 3.30. The highest BCUT2D eigenvalue weighted by atomic mass is 16.6. The van der Waals surface area contributed by atoms with Crippen LogP contribution in [0.4, 0.5) is 11.4 Å². The molecule has 1 aromatic carbocycles. The fourth-order valence-corrected chi connectivity index (χ4v) is 3.30. The molecule has 3 heterocycles. The number of hydrogen-bond acceptors (Lipinski definition) is 5. The number of nitro groups is 1. The molecule has 2 aromatic rings. The van der Waals surface area contributed by atoms with Gasteiger partial charge in [-0.25, -0.2) is 4.98 Å². The number of pyridine rings is 1. The van der Waals surface area contributed by atoms with Crippen LogP contribution >= 0.6 is 0 Å². The topological polar surface area (TPSA) is 105 Å². The minimum Gasteiger partial charge on any atom is -0.325 e. The summed E-state index contributed by atoms with van der Waals surface area (Å²) in [6.07, 6.45) is 1.42. The zero-order valence-electron chi connectivity index (χ0n) is 13.1. The first-order valence-electron chi connectivity index (χ1n) is 7.92. The SMILES string of the molecule is O=C1Nc2ccc(-c3cccc([N+](=O)[O-])c3)nc2C(=O)N2CCC[C@@H]12. The van der Waals surface area contributed by atoms with E-state index in [1.807, 2.05) is 0 Å². The van der Waals surface area contributed by atoms with Crippen LogP contribution in [-0.4, -0.2) is 39.2 Å². The van der Waals surface area contributed by atoms with Crippen molar-refractivity contribution in [3.05, 3.63) is 52.2 Å². The Hall–Kier alpha value is -3.29. The third-order valence-corrected chi connectivity index (χ3v) is 4.52. The monoisotopic (exact) mass is 338 g/mol. The Bertz CT molecular complexity index is 911. The van der Waals surface area contributed by atoms with Gasteiger partial charge in [-0.2, -0.15) is 0 Å². The molecular weight excluding hydrogens is 324 g/mol. The van der Waals surface area contributed by atoms with E-state index in [1.165, 1.54) is 12.1 Å². The molecule has 25 heavy (non-hydrogen) atoms. The van der Waals surface area contributed by atoms with Crippen molar-refractivity contribution in [2.45, 2.75) is 18.9 Å². The quantitative estimate of drug-likeness (QED) is 0.667. The van der Waals surface area contributed by atoms with Gasteiger partial charge in [0.2, 0.25) is 5.91 Å². The summed E-state index contributed by atoms with van der Waals surface area (Å²) in [6.45, 7) is 0.527. The number of non-ortho nitro benzene ring substituents is 1. The first kappa shape index (κ1) is 15.3. The van der Waals surface area contributed by atoms with Crippen molar-refractivity contribution < 1.29 is 14.5 Å². The smallest absolute Gasteiger partial charge is 0.275 e. The van der Waals surface area contributed by atoms with Crippen molar-refractivity contribution in [1.82, 2.24) is 9.88 Å². The van der Waals surface area contributed by atoms with Crippen molar-refractivity contribution in [2.75, 3.05) is 11.9 Å². The summed E-state index contributed by atoms with van der Waals surface area (Å²) in [5.74, 6) is -0.488.